The summed E-state index contributed by atoms with van der Waals surface area (Å²) in [7, 11) is 0. The van der Waals surface area contributed by atoms with Crippen LogP contribution in [0.15, 0.2) is 6.07 Å². The molecule has 1 nitrogen and oxygen atoms in total. The van der Waals surface area contributed by atoms with E-state index >= 15 is 0 Å². The Morgan fingerprint density at radius 3 is 2.37 bits per heavy atom. The van der Waals surface area contributed by atoms with Crippen LogP contribution in [-0.2, 0) is 11.8 Å². The summed E-state index contributed by atoms with van der Waals surface area (Å²) in [5.74, 6) is 0.472. The van der Waals surface area contributed by atoms with E-state index in [0.717, 1.165) is 30.4 Å². The predicted molar refractivity (Wildman–Crippen MR) is 80.1 cm³/mol. The summed E-state index contributed by atoms with van der Waals surface area (Å²) in [5, 5.41) is 0.624. The standard InChI is InChI=1S/C16H23ClFN/c1-9(2)16(10(3)4)7-5-6-11-12(17)8-13(19)15(18)14(11)16/h8-10H,5-7,19H2,1-4H3. The second-order valence-corrected chi connectivity index (χ2v) is 6.73. The first-order valence-electron chi connectivity index (χ1n) is 7.09. The summed E-state index contributed by atoms with van der Waals surface area (Å²) in [4.78, 5) is 0. The van der Waals surface area contributed by atoms with E-state index in [-0.39, 0.29) is 16.9 Å². The van der Waals surface area contributed by atoms with Crippen LogP contribution in [0.2, 0.25) is 5.02 Å². The Hall–Kier alpha value is -0.760. The molecule has 0 fully saturated rings. The van der Waals surface area contributed by atoms with E-state index in [1.165, 1.54) is 0 Å². The van der Waals surface area contributed by atoms with Crippen molar-refractivity contribution in [1.29, 1.82) is 0 Å². The summed E-state index contributed by atoms with van der Waals surface area (Å²) in [5.41, 5.74) is 7.59. The van der Waals surface area contributed by atoms with Gasteiger partial charge in [-0.05, 0) is 42.7 Å². The zero-order chi connectivity index (χ0) is 14.4. The molecule has 3 heteroatoms. The third-order valence-electron chi connectivity index (χ3n) is 4.89. The maximum absolute atomic E-state index is 14.7. The highest BCUT2D eigenvalue weighted by atomic mass is 35.5. The van der Waals surface area contributed by atoms with Crippen molar-refractivity contribution in [3.05, 3.63) is 28.0 Å². The van der Waals surface area contributed by atoms with Gasteiger partial charge in [-0.3, -0.25) is 0 Å². The van der Waals surface area contributed by atoms with Gasteiger partial charge in [0.05, 0.1) is 5.69 Å². The van der Waals surface area contributed by atoms with Crippen LogP contribution in [0.3, 0.4) is 0 Å². The molecule has 0 aliphatic heterocycles. The molecular weight excluding hydrogens is 261 g/mol. The number of benzene rings is 1. The molecule has 2 rings (SSSR count). The van der Waals surface area contributed by atoms with Crippen molar-refractivity contribution in [3.63, 3.8) is 0 Å². The molecule has 0 aromatic heterocycles. The molecule has 0 radical (unpaired) electrons. The van der Waals surface area contributed by atoms with Crippen molar-refractivity contribution >= 4 is 17.3 Å². The van der Waals surface area contributed by atoms with Crippen molar-refractivity contribution < 1.29 is 4.39 Å². The van der Waals surface area contributed by atoms with Gasteiger partial charge < -0.3 is 5.73 Å². The van der Waals surface area contributed by atoms with Crippen LogP contribution < -0.4 is 5.73 Å². The zero-order valence-electron chi connectivity index (χ0n) is 12.2. The number of nitrogens with two attached hydrogens (primary N) is 1. The van der Waals surface area contributed by atoms with Crippen LogP contribution in [0.4, 0.5) is 10.1 Å². The number of halogens is 2. The van der Waals surface area contributed by atoms with Gasteiger partial charge in [0.2, 0.25) is 0 Å². The van der Waals surface area contributed by atoms with Crippen molar-refractivity contribution in [2.75, 3.05) is 5.73 Å². The number of hydrogen-bond acceptors (Lipinski definition) is 1. The number of fused-ring (bicyclic) bond motifs is 1. The second-order valence-electron chi connectivity index (χ2n) is 6.32. The first kappa shape index (κ1) is 14.6. The molecule has 0 heterocycles. The molecule has 0 spiro atoms. The predicted octanol–water partition coefficient (Wildman–Crippen LogP) is 4.95. The molecule has 0 saturated heterocycles. The minimum atomic E-state index is -0.249. The van der Waals surface area contributed by atoms with Gasteiger partial charge in [-0.2, -0.15) is 0 Å². The molecule has 19 heavy (non-hydrogen) atoms. The van der Waals surface area contributed by atoms with Gasteiger partial charge in [-0.15, -0.1) is 0 Å². The van der Waals surface area contributed by atoms with Gasteiger partial charge in [0.25, 0.3) is 0 Å². The molecule has 106 valence electrons. The molecule has 1 aromatic rings. The molecule has 1 aromatic carbocycles. The fourth-order valence-electron chi connectivity index (χ4n) is 3.92. The Labute approximate surface area is 120 Å². The number of rotatable bonds is 2. The van der Waals surface area contributed by atoms with E-state index in [9.17, 15) is 4.39 Å². The first-order valence-corrected chi connectivity index (χ1v) is 7.47. The SMILES string of the molecule is CC(C)C1(C(C)C)CCCc2c(Cl)cc(N)c(F)c21. The summed E-state index contributed by atoms with van der Waals surface area (Å²) >= 11 is 6.31. The normalized spacial score (nSPS) is 17.9. The lowest BCUT2D eigenvalue weighted by atomic mass is 9.58. The monoisotopic (exact) mass is 283 g/mol. The molecule has 0 amide bonds. The van der Waals surface area contributed by atoms with Crippen molar-refractivity contribution in [3.8, 4) is 0 Å². The van der Waals surface area contributed by atoms with Crippen LogP contribution in [-0.4, -0.2) is 0 Å². The van der Waals surface area contributed by atoms with Gasteiger partial charge in [0, 0.05) is 16.0 Å². The maximum Gasteiger partial charge on any atom is 0.150 e. The molecule has 0 atom stereocenters. The fraction of sp³-hybridized carbons (Fsp3) is 0.625. The minimum Gasteiger partial charge on any atom is -0.396 e. The Bertz CT molecular complexity index is 486. The molecule has 1 aliphatic rings. The Balaban J connectivity index is 2.80. The smallest absolute Gasteiger partial charge is 0.150 e. The van der Waals surface area contributed by atoms with Gasteiger partial charge in [0.15, 0.2) is 0 Å². The van der Waals surface area contributed by atoms with E-state index in [1.807, 2.05) is 0 Å². The number of hydrogen-bond donors (Lipinski definition) is 1. The van der Waals surface area contributed by atoms with Gasteiger partial charge >= 0.3 is 0 Å². The van der Waals surface area contributed by atoms with Crippen molar-refractivity contribution in [2.45, 2.75) is 52.4 Å². The summed E-state index contributed by atoms with van der Waals surface area (Å²) in [6.07, 6.45) is 2.92. The summed E-state index contributed by atoms with van der Waals surface area (Å²) in [6, 6.07) is 1.56. The van der Waals surface area contributed by atoms with E-state index < -0.39 is 0 Å². The maximum atomic E-state index is 14.7. The quantitative estimate of drug-likeness (QED) is 0.764. The van der Waals surface area contributed by atoms with Gasteiger partial charge in [-0.25, -0.2) is 4.39 Å². The van der Waals surface area contributed by atoms with Crippen LogP contribution >= 0.6 is 11.6 Å². The fourth-order valence-corrected chi connectivity index (χ4v) is 4.22. The van der Waals surface area contributed by atoms with E-state index in [1.54, 1.807) is 6.07 Å². The lowest BCUT2D eigenvalue weighted by molar-refractivity contribution is 0.179. The van der Waals surface area contributed by atoms with Crippen molar-refractivity contribution in [1.82, 2.24) is 0 Å². The highest BCUT2D eigenvalue weighted by Gasteiger charge is 2.44. The molecular formula is C16H23ClFN. The lowest BCUT2D eigenvalue weighted by Gasteiger charge is -2.46. The lowest BCUT2D eigenvalue weighted by Crippen LogP contribution is -2.42. The zero-order valence-corrected chi connectivity index (χ0v) is 12.9. The Kier molecular flexibility index (Phi) is 3.83. The van der Waals surface area contributed by atoms with Crippen LogP contribution in [0.5, 0.6) is 0 Å². The second kappa shape index (κ2) is 4.97. The largest absolute Gasteiger partial charge is 0.396 e. The van der Waals surface area contributed by atoms with E-state index in [4.69, 9.17) is 17.3 Å². The number of anilines is 1. The third-order valence-corrected chi connectivity index (χ3v) is 5.23. The Morgan fingerprint density at radius 1 is 1.26 bits per heavy atom. The average molecular weight is 284 g/mol. The van der Waals surface area contributed by atoms with E-state index in [2.05, 4.69) is 27.7 Å². The highest BCUT2D eigenvalue weighted by Crippen LogP contribution is 2.51. The van der Waals surface area contributed by atoms with Crippen LogP contribution in [0.25, 0.3) is 0 Å². The molecule has 2 N–H and O–H groups in total. The minimum absolute atomic E-state index is 0.156. The Morgan fingerprint density at radius 2 is 1.84 bits per heavy atom. The van der Waals surface area contributed by atoms with E-state index in [0.29, 0.717) is 16.9 Å². The molecule has 0 bridgehead atoms. The average Bonchev–Trinajstić information content (AvgIpc) is 2.34. The van der Waals surface area contributed by atoms with Gasteiger partial charge in [0.1, 0.15) is 5.82 Å². The topological polar surface area (TPSA) is 26.0 Å². The highest BCUT2D eigenvalue weighted by molar-refractivity contribution is 6.31. The number of nitrogen functional groups attached to an aromatic ring is 1. The molecule has 1 aliphatic carbocycles. The van der Waals surface area contributed by atoms with Crippen LogP contribution in [0, 0.1) is 17.7 Å². The molecule has 0 unspecified atom stereocenters. The summed E-state index contributed by atoms with van der Waals surface area (Å²) < 4.78 is 14.7. The van der Waals surface area contributed by atoms with Crippen LogP contribution in [0.1, 0.15) is 51.7 Å². The van der Waals surface area contributed by atoms with Gasteiger partial charge in [-0.1, -0.05) is 39.3 Å². The summed E-state index contributed by atoms with van der Waals surface area (Å²) in [6.45, 7) is 8.69. The third kappa shape index (κ3) is 2.05. The van der Waals surface area contributed by atoms with Crippen molar-refractivity contribution in [2.24, 2.45) is 11.8 Å². The molecule has 0 saturated carbocycles. The first-order chi connectivity index (χ1) is 8.82.